The molecule has 1 atom stereocenters. The van der Waals surface area contributed by atoms with E-state index in [0.29, 0.717) is 13.2 Å². The number of rotatable bonds is 7. The van der Waals surface area contributed by atoms with E-state index in [4.69, 9.17) is 9.47 Å². The van der Waals surface area contributed by atoms with E-state index in [1.165, 1.54) is 11.1 Å². The highest BCUT2D eigenvalue weighted by Crippen LogP contribution is 2.17. The van der Waals surface area contributed by atoms with Crippen molar-refractivity contribution in [3.63, 3.8) is 0 Å². The van der Waals surface area contributed by atoms with Gasteiger partial charge in [0.1, 0.15) is 6.61 Å². The molecule has 2 aliphatic heterocycles. The van der Waals surface area contributed by atoms with Crippen LogP contribution < -0.4 is 5.32 Å². The molecule has 1 aromatic carbocycles. The Bertz CT molecular complexity index is 515. The molecule has 2 aliphatic rings. The lowest BCUT2D eigenvalue weighted by Gasteiger charge is -2.28. The predicted molar refractivity (Wildman–Crippen MR) is 88.2 cm³/mol. The van der Waals surface area contributed by atoms with E-state index in [-0.39, 0.29) is 18.6 Å². The molecule has 1 aromatic rings. The van der Waals surface area contributed by atoms with Gasteiger partial charge in [-0.05, 0) is 30.4 Å². The van der Waals surface area contributed by atoms with Gasteiger partial charge in [0.25, 0.3) is 0 Å². The van der Waals surface area contributed by atoms with Crippen molar-refractivity contribution in [2.45, 2.75) is 31.9 Å². The summed E-state index contributed by atoms with van der Waals surface area (Å²) in [5.74, 6) is -0.0413. The van der Waals surface area contributed by atoms with Crippen LogP contribution in [0.5, 0.6) is 0 Å². The van der Waals surface area contributed by atoms with Gasteiger partial charge < -0.3 is 14.8 Å². The summed E-state index contributed by atoms with van der Waals surface area (Å²) in [7, 11) is 0. The summed E-state index contributed by atoms with van der Waals surface area (Å²) in [5.41, 5.74) is 2.86. The number of benzene rings is 1. The number of nitrogens with one attached hydrogen (secondary N) is 1. The molecule has 23 heavy (non-hydrogen) atoms. The number of ether oxygens (including phenoxy) is 2. The van der Waals surface area contributed by atoms with Gasteiger partial charge in [-0.15, -0.1) is 0 Å². The normalized spacial score (nSPS) is 21.1. The predicted octanol–water partition coefficient (Wildman–Crippen LogP) is 1.36. The topological polar surface area (TPSA) is 50.8 Å². The third-order valence-electron chi connectivity index (χ3n) is 4.52. The fourth-order valence-corrected chi connectivity index (χ4v) is 3.21. The van der Waals surface area contributed by atoms with Crippen LogP contribution in [0.15, 0.2) is 24.3 Å². The highest BCUT2D eigenvalue weighted by molar-refractivity contribution is 5.77. The molecular formula is C18H26N2O3. The van der Waals surface area contributed by atoms with Crippen molar-refractivity contribution in [2.24, 2.45) is 0 Å². The standard InChI is InChI=1S/C18H26N2O3/c21-18(14-22-13-17-6-3-11-23-17)19-8-10-20-9-7-15-4-1-2-5-16(15)12-20/h1-2,4-5,17H,3,6-14H2,(H,19,21). The van der Waals surface area contributed by atoms with Crippen LogP contribution in [0.3, 0.4) is 0 Å². The lowest BCUT2D eigenvalue weighted by atomic mass is 10.00. The van der Waals surface area contributed by atoms with Crippen molar-refractivity contribution in [1.82, 2.24) is 10.2 Å². The van der Waals surface area contributed by atoms with Crippen LogP contribution in [-0.4, -0.2) is 56.4 Å². The molecule has 0 aromatic heterocycles. The molecule has 5 heteroatoms. The van der Waals surface area contributed by atoms with Gasteiger partial charge in [0.05, 0.1) is 12.7 Å². The van der Waals surface area contributed by atoms with Gasteiger partial charge in [0.2, 0.25) is 5.91 Å². The van der Waals surface area contributed by atoms with Gasteiger partial charge >= 0.3 is 0 Å². The van der Waals surface area contributed by atoms with E-state index in [0.717, 1.165) is 45.5 Å². The molecule has 1 saturated heterocycles. The second-order valence-corrected chi connectivity index (χ2v) is 6.29. The number of carbonyl (C=O) groups is 1. The van der Waals surface area contributed by atoms with E-state index in [1.807, 2.05) is 0 Å². The van der Waals surface area contributed by atoms with Crippen LogP contribution in [0.4, 0.5) is 0 Å². The maximum Gasteiger partial charge on any atom is 0.246 e. The third-order valence-corrected chi connectivity index (χ3v) is 4.52. The summed E-state index contributed by atoms with van der Waals surface area (Å²) in [6.07, 6.45) is 3.41. The van der Waals surface area contributed by atoms with Gasteiger partial charge in [0, 0.05) is 32.8 Å². The molecule has 126 valence electrons. The van der Waals surface area contributed by atoms with E-state index >= 15 is 0 Å². The third kappa shape index (κ3) is 5.03. The highest BCUT2D eigenvalue weighted by Gasteiger charge is 2.17. The second kappa shape index (κ2) is 8.43. The Morgan fingerprint density at radius 3 is 3.04 bits per heavy atom. The lowest BCUT2D eigenvalue weighted by molar-refractivity contribution is -0.126. The minimum atomic E-state index is -0.0413. The molecule has 0 bridgehead atoms. The number of carbonyl (C=O) groups excluding carboxylic acids is 1. The van der Waals surface area contributed by atoms with Crippen LogP contribution in [0.25, 0.3) is 0 Å². The molecule has 0 aliphatic carbocycles. The Hall–Kier alpha value is -1.43. The van der Waals surface area contributed by atoms with Gasteiger partial charge in [-0.3, -0.25) is 9.69 Å². The van der Waals surface area contributed by atoms with Gasteiger partial charge in [0.15, 0.2) is 0 Å². The van der Waals surface area contributed by atoms with Crippen LogP contribution in [0.1, 0.15) is 24.0 Å². The first-order valence-corrected chi connectivity index (χ1v) is 8.56. The van der Waals surface area contributed by atoms with Crippen molar-refractivity contribution in [3.05, 3.63) is 35.4 Å². The number of hydrogen-bond donors (Lipinski definition) is 1. The van der Waals surface area contributed by atoms with E-state index in [9.17, 15) is 4.79 Å². The zero-order valence-electron chi connectivity index (χ0n) is 13.6. The molecule has 0 spiro atoms. The SMILES string of the molecule is O=C(COCC1CCCO1)NCCN1CCc2ccccc2C1. The molecule has 1 amide bonds. The zero-order chi connectivity index (χ0) is 15.9. The minimum Gasteiger partial charge on any atom is -0.376 e. The average molecular weight is 318 g/mol. The number of nitrogens with zero attached hydrogens (tertiary/aromatic N) is 1. The Labute approximate surface area is 137 Å². The van der Waals surface area contributed by atoms with Crippen LogP contribution in [0.2, 0.25) is 0 Å². The molecule has 2 heterocycles. The first-order chi connectivity index (χ1) is 11.3. The van der Waals surface area contributed by atoms with Gasteiger partial charge in [-0.2, -0.15) is 0 Å². The fourth-order valence-electron chi connectivity index (χ4n) is 3.21. The maximum absolute atomic E-state index is 11.8. The minimum absolute atomic E-state index is 0.0413. The number of amides is 1. The Morgan fingerprint density at radius 1 is 1.35 bits per heavy atom. The van der Waals surface area contributed by atoms with Crippen LogP contribution in [0, 0.1) is 0 Å². The Morgan fingerprint density at radius 2 is 2.22 bits per heavy atom. The smallest absolute Gasteiger partial charge is 0.246 e. The zero-order valence-corrected chi connectivity index (χ0v) is 13.6. The average Bonchev–Trinajstić information content (AvgIpc) is 3.08. The van der Waals surface area contributed by atoms with E-state index < -0.39 is 0 Å². The lowest BCUT2D eigenvalue weighted by Crippen LogP contribution is -2.39. The second-order valence-electron chi connectivity index (χ2n) is 6.29. The molecule has 1 N–H and O–H groups in total. The molecule has 1 fully saturated rings. The highest BCUT2D eigenvalue weighted by atomic mass is 16.5. The number of hydrogen-bond acceptors (Lipinski definition) is 4. The molecule has 5 nitrogen and oxygen atoms in total. The van der Waals surface area contributed by atoms with Crippen molar-refractivity contribution in [3.8, 4) is 0 Å². The molecule has 1 unspecified atom stereocenters. The number of fused-ring (bicyclic) bond motifs is 1. The Balaban J connectivity index is 1.28. The summed E-state index contributed by atoms with van der Waals surface area (Å²) >= 11 is 0. The summed E-state index contributed by atoms with van der Waals surface area (Å²) < 4.78 is 10.9. The molecule has 3 rings (SSSR count). The first-order valence-electron chi connectivity index (χ1n) is 8.56. The first kappa shape index (κ1) is 16.4. The summed E-state index contributed by atoms with van der Waals surface area (Å²) in [4.78, 5) is 14.1. The van der Waals surface area contributed by atoms with E-state index in [1.54, 1.807) is 0 Å². The Kier molecular flexibility index (Phi) is 6.02. The summed E-state index contributed by atoms with van der Waals surface area (Å²) in [6.45, 7) is 5.05. The molecular weight excluding hydrogens is 292 g/mol. The molecule has 0 saturated carbocycles. The van der Waals surface area contributed by atoms with Gasteiger partial charge in [-0.1, -0.05) is 24.3 Å². The summed E-state index contributed by atoms with van der Waals surface area (Å²) in [6, 6.07) is 8.60. The van der Waals surface area contributed by atoms with Gasteiger partial charge in [-0.25, -0.2) is 0 Å². The van der Waals surface area contributed by atoms with Crippen molar-refractivity contribution < 1.29 is 14.3 Å². The van der Waals surface area contributed by atoms with E-state index in [2.05, 4.69) is 34.5 Å². The maximum atomic E-state index is 11.8. The van der Waals surface area contributed by atoms with Crippen molar-refractivity contribution >= 4 is 5.91 Å². The van der Waals surface area contributed by atoms with Crippen LogP contribution >= 0.6 is 0 Å². The van der Waals surface area contributed by atoms with Crippen LogP contribution in [-0.2, 0) is 27.2 Å². The van der Waals surface area contributed by atoms with Crippen molar-refractivity contribution in [2.75, 3.05) is 39.5 Å². The monoisotopic (exact) mass is 318 g/mol. The van der Waals surface area contributed by atoms with Crippen molar-refractivity contribution in [1.29, 1.82) is 0 Å². The largest absolute Gasteiger partial charge is 0.376 e. The fraction of sp³-hybridized carbons (Fsp3) is 0.611. The summed E-state index contributed by atoms with van der Waals surface area (Å²) in [5, 5.41) is 2.93. The molecule has 0 radical (unpaired) electrons. The quantitative estimate of drug-likeness (QED) is 0.825.